The van der Waals surface area contributed by atoms with Crippen molar-refractivity contribution in [3.8, 4) is 0 Å². The highest BCUT2D eigenvalue weighted by Gasteiger charge is 2.37. The van der Waals surface area contributed by atoms with Crippen LogP contribution in [0.3, 0.4) is 0 Å². The van der Waals surface area contributed by atoms with Crippen molar-refractivity contribution >= 4 is 79.9 Å². The van der Waals surface area contributed by atoms with Crippen LogP contribution in [0.25, 0.3) is 0 Å². The molecule has 0 spiro atoms. The van der Waals surface area contributed by atoms with Gasteiger partial charge in [-0.15, -0.1) is 0 Å². The van der Waals surface area contributed by atoms with E-state index in [0.717, 1.165) is 0 Å². The van der Waals surface area contributed by atoms with E-state index >= 15 is 0 Å². The van der Waals surface area contributed by atoms with Gasteiger partial charge in [0.1, 0.15) is 0 Å². The molecule has 6 nitrogen and oxygen atoms in total. The minimum Gasteiger partial charge on any atom is -0.455 e. The second-order valence-electron chi connectivity index (χ2n) is 6.67. The fourth-order valence-electron chi connectivity index (χ4n) is 3.03. The molecule has 2 aromatic carbocycles. The van der Waals surface area contributed by atoms with Gasteiger partial charge in [-0.2, -0.15) is 0 Å². The van der Waals surface area contributed by atoms with Crippen molar-refractivity contribution < 1.29 is 19.1 Å². The SMILES string of the molecule is Cc1c(NC(=O)COC(=O)[C@H]2CC(=O)N(c3cccc(Cl)c3Cl)C2)ccc(Br)c1Cl. The molecular weight excluding hydrogens is 518 g/mol. The van der Waals surface area contributed by atoms with E-state index in [2.05, 4.69) is 21.2 Å². The molecule has 2 amide bonds. The quantitative estimate of drug-likeness (QED) is 0.532. The Morgan fingerprint density at radius 3 is 2.67 bits per heavy atom. The lowest BCUT2D eigenvalue weighted by atomic mass is 10.1. The summed E-state index contributed by atoms with van der Waals surface area (Å²) >= 11 is 21.6. The van der Waals surface area contributed by atoms with E-state index in [1.54, 1.807) is 37.3 Å². The minimum absolute atomic E-state index is 0.0370. The first-order valence-corrected chi connectivity index (χ1v) is 10.8. The summed E-state index contributed by atoms with van der Waals surface area (Å²) in [6, 6.07) is 8.32. The van der Waals surface area contributed by atoms with Crippen LogP contribution in [0.4, 0.5) is 11.4 Å². The third-order valence-corrected chi connectivity index (χ3v) is 6.82. The minimum atomic E-state index is -0.704. The monoisotopic (exact) mass is 532 g/mol. The van der Waals surface area contributed by atoms with Crippen molar-refractivity contribution in [3.63, 3.8) is 0 Å². The highest BCUT2D eigenvalue weighted by molar-refractivity contribution is 9.10. The smallest absolute Gasteiger partial charge is 0.311 e. The molecule has 0 aromatic heterocycles. The average Bonchev–Trinajstić information content (AvgIpc) is 3.10. The number of hydrogen-bond donors (Lipinski definition) is 1. The summed E-state index contributed by atoms with van der Waals surface area (Å²) in [5.41, 5.74) is 1.63. The van der Waals surface area contributed by atoms with Crippen LogP contribution < -0.4 is 10.2 Å². The molecule has 0 bridgehead atoms. The number of rotatable bonds is 5. The molecular formula is C20H16BrCl3N2O4. The van der Waals surface area contributed by atoms with Crippen molar-refractivity contribution in [2.75, 3.05) is 23.4 Å². The first kappa shape index (κ1) is 22.9. The third kappa shape index (κ3) is 4.91. The first-order valence-electron chi connectivity index (χ1n) is 8.84. The topological polar surface area (TPSA) is 75.7 Å². The van der Waals surface area contributed by atoms with Gasteiger partial charge < -0.3 is 15.0 Å². The number of benzene rings is 2. The van der Waals surface area contributed by atoms with Gasteiger partial charge in [0.25, 0.3) is 5.91 Å². The lowest BCUT2D eigenvalue weighted by molar-refractivity contribution is -0.151. The van der Waals surface area contributed by atoms with E-state index in [0.29, 0.717) is 31.5 Å². The van der Waals surface area contributed by atoms with Crippen molar-refractivity contribution in [3.05, 3.63) is 55.4 Å². The molecule has 1 fully saturated rings. The van der Waals surface area contributed by atoms with Gasteiger partial charge in [0, 0.05) is 23.1 Å². The predicted molar refractivity (Wildman–Crippen MR) is 120 cm³/mol. The fraction of sp³-hybridized carbons (Fsp3) is 0.250. The highest BCUT2D eigenvalue weighted by Crippen LogP contribution is 2.36. The number of amides is 2. The molecule has 2 aromatic rings. The van der Waals surface area contributed by atoms with Gasteiger partial charge in [-0.3, -0.25) is 14.4 Å². The van der Waals surface area contributed by atoms with E-state index in [1.807, 2.05) is 0 Å². The van der Waals surface area contributed by atoms with E-state index in [-0.39, 0.29) is 23.9 Å². The zero-order valence-electron chi connectivity index (χ0n) is 15.7. The van der Waals surface area contributed by atoms with E-state index in [9.17, 15) is 14.4 Å². The van der Waals surface area contributed by atoms with Gasteiger partial charge in [0.05, 0.1) is 26.7 Å². The van der Waals surface area contributed by atoms with Crippen molar-refractivity contribution in [2.24, 2.45) is 5.92 Å². The number of carbonyl (C=O) groups excluding carboxylic acids is 3. The molecule has 10 heteroatoms. The van der Waals surface area contributed by atoms with Gasteiger partial charge in [-0.25, -0.2) is 0 Å². The fourth-order valence-corrected chi connectivity index (χ4v) is 4.02. The molecule has 0 unspecified atom stereocenters. The lowest BCUT2D eigenvalue weighted by Crippen LogP contribution is -2.28. The van der Waals surface area contributed by atoms with Gasteiger partial charge in [0.2, 0.25) is 5.91 Å². The van der Waals surface area contributed by atoms with Crippen LogP contribution >= 0.6 is 50.7 Å². The highest BCUT2D eigenvalue weighted by atomic mass is 79.9. The summed E-state index contributed by atoms with van der Waals surface area (Å²) < 4.78 is 5.82. The van der Waals surface area contributed by atoms with Gasteiger partial charge >= 0.3 is 5.97 Å². The molecule has 1 aliphatic heterocycles. The maximum atomic E-state index is 12.4. The summed E-state index contributed by atoms with van der Waals surface area (Å²) in [6.45, 7) is 1.38. The zero-order valence-corrected chi connectivity index (χ0v) is 19.5. The summed E-state index contributed by atoms with van der Waals surface area (Å²) in [7, 11) is 0. The Balaban J connectivity index is 1.58. The number of nitrogens with zero attached hydrogens (tertiary/aromatic N) is 1. The third-order valence-electron chi connectivity index (χ3n) is 4.64. The van der Waals surface area contributed by atoms with Crippen LogP contribution in [-0.4, -0.2) is 30.9 Å². The number of anilines is 2. The van der Waals surface area contributed by atoms with Crippen LogP contribution in [0.1, 0.15) is 12.0 Å². The molecule has 1 saturated heterocycles. The predicted octanol–water partition coefficient (Wildman–Crippen LogP) is 5.25. The Kier molecular flexibility index (Phi) is 7.29. The van der Waals surface area contributed by atoms with E-state index in [1.165, 1.54) is 4.90 Å². The van der Waals surface area contributed by atoms with Crippen LogP contribution in [0.15, 0.2) is 34.8 Å². The second-order valence-corrected chi connectivity index (χ2v) is 8.69. The maximum absolute atomic E-state index is 12.4. The lowest BCUT2D eigenvalue weighted by Gasteiger charge is -2.18. The number of esters is 1. The van der Waals surface area contributed by atoms with E-state index in [4.69, 9.17) is 39.5 Å². The number of nitrogens with one attached hydrogen (secondary N) is 1. The second kappa shape index (κ2) is 9.56. The Bertz CT molecular complexity index is 1030. The largest absolute Gasteiger partial charge is 0.455 e. The summed E-state index contributed by atoms with van der Waals surface area (Å²) in [5.74, 6) is -2.12. The molecule has 1 N–H and O–H groups in total. The number of ether oxygens (including phenoxy) is 1. The van der Waals surface area contributed by atoms with Crippen LogP contribution in [0.5, 0.6) is 0 Å². The first-order chi connectivity index (χ1) is 14.2. The molecule has 1 heterocycles. The van der Waals surface area contributed by atoms with Crippen molar-refractivity contribution in [1.29, 1.82) is 0 Å². The molecule has 30 heavy (non-hydrogen) atoms. The Labute approximate surface area is 196 Å². The van der Waals surface area contributed by atoms with Crippen LogP contribution in [0.2, 0.25) is 15.1 Å². The molecule has 0 saturated carbocycles. The molecule has 0 aliphatic carbocycles. The van der Waals surface area contributed by atoms with Gasteiger partial charge in [0.15, 0.2) is 6.61 Å². The Hall–Kier alpha value is -1.80. The molecule has 1 aliphatic rings. The van der Waals surface area contributed by atoms with E-state index < -0.39 is 24.4 Å². The number of halogens is 4. The Morgan fingerprint density at radius 2 is 1.93 bits per heavy atom. The van der Waals surface area contributed by atoms with Gasteiger partial charge in [-0.1, -0.05) is 40.9 Å². The molecule has 3 rings (SSSR count). The van der Waals surface area contributed by atoms with Crippen LogP contribution in [0, 0.1) is 12.8 Å². The molecule has 0 radical (unpaired) electrons. The van der Waals surface area contributed by atoms with Crippen molar-refractivity contribution in [2.45, 2.75) is 13.3 Å². The van der Waals surface area contributed by atoms with Crippen LogP contribution in [-0.2, 0) is 19.1 Å². The average molecular weight is 535 g/mol. The summed E-state index contributed by atoms with van der Waals surface area (Å²) in [4.78, 5) is 38.3. The Morgan fingerprint density at radius 1 is 1.20 bits per heavy atom. The molecule has 1 atom stereocenters. The maximum Gasteiger partial charge on any atom is 0.311 e. The summed E-state index contributed by atoms with van der Waals surface area (Å²) in [6.07, 6.45) is -0.0370. The van der Waals surface area contributed by atoms with Crippen molar-refractivity contribution in [1.82, 2.24) is 0 Å². The normalized spacial score (nSPS) is 16.0. The van der Waals surface area contributed by atoms with Gasteiger partial charge in [-0.05, 0) is 52.7 Å². The number of hydrogen-bond acceptors (Lipinski definition) is 4. The number of carbonyl (C=O) groups is 3. The standard InChI is InChI=1S/C20H16BrCl3N2O4/c1-10-14(6-5-12(21)18(10)23)25-16(27)9-30-20(29)11-7-17(28)26(8-11)15-4-2-3-13(22)19(15)24/h2-6,11H,7-9H2,1H3,(H,25,27)/t11-/m0/s1. The summed E-state index contributed by atoms with van der Waals surface area (Å²) in [5, 5.41) is 3.68. The zero-order chi connectivity index (χ0) is 22.0. The molecule has 158 valence electrons.